The van der Waals surface area contributed by atoms with E-state index in [4.69, 9.17) is 9.47 Å². The van der Waals surface area contributed by atoms with Crippen LogP contribution in [-0.4, -0.2) is 22.2 Å². The smallest absolute Gasteiger partial charge is 0.270 e. The van der Waals surface area contributed by atoms with Crippen LogP contribution < -0.4 is 14.3 Å². The molecular weight excluding hydrogens is 370 g/mol. The van der Waals surface area contributed by atoms with E-state index in [1.54, 1.807) is 18.2 Å². The highest BCUT2D eigenvalue weighted by atomic mass is 32.1. The number of carbonyl (C=O) groups excluding carboxylic acids is 1. The van der Waals surface area contributed by atoms with Crippen LogP contribution in [0.4, 0.5) is 5.69 Å². The van der Waals surface area contributed by atoms with Crippen molar-refractivity contribution in [3.05, 3.63) is 56.9 Å². The van der Waals surface area contributed by atoms with Crippen LogP contribution in [0.5, 0.6) is 11.5 Å². The number of amides is 1. The SMILES string of the molecule is CCn1c(=NC(=O)Cc2ccc3c(c2)OCO3)sc2cc([N+](=O)[O-])ccc21. The minimum absolute atomic E-state index is 0.0187. The Kier molecular flexibility index (Phi) is 4.36. The van der Waals surface area contributed by atoms with Crippen molar-refractivity contribution < 1.29 is 19.2 Å². The molecule has 2 heterocycles. The predicted molar refractivity (Wildman–Crippen MR) is 99.0 cm³/mol. The molecule has 0 bridgehead atoms. The zero-order valence-corrected chi connectivity index (χ0v) is 15.2. The Balaban J connectivity index is 1.67. The van der Waals surface area contributed by atoms with Gasteiger partial charge in [0, 0.05) is 18.7 Å². The fourth-order valence-electron chi connectivity index (χ4n) is 2.94. The fraction of sp³-hybridized carbons (Fsp3) is 0.222. The molecule has 1 amide bonds. The van der Waals surface area contributed by atoms with Gasteiger partial charge in [-0.2, -0.15) is 4.99 Å². The molecule has 4 rings (SSSR count). The molecule has 0 saturated heterocycles. The van der Waals surface area contributed by atoms with E-state index >= 15 is 0 Å². The molecule has 2 aromatic carbocycles. The summed E-state index contributed by atoms with van der Waals surface area (Å²) in [6, 6.07) is 10.0. The number of aryl methyl sites for hydroxylation is 1. The largest absolute Gasteiger partial charge is 0.454 e. The number of rotatable bonds is 4. The van der Waals surface area contributed by atoms with Gasteiger partial charge in [-0.05, 0) is 30.7 Å². The van der Waals surface area contributed by atoms with E-state index in [-0.39, 0.29) is 24.8 Å². The second-order valence-corrected chi connectivity index (χ2v) is 6.92. The van der Waals surface area contributed by atoms with Gasteiger partial charge in [-0.25, -0.2) is 0 Å². The van der Waals surface area contributed by atoms with Crippen LogP contribution in [0, 0.1) is 10.1 Å². The topological polar surface area (TPSA) is 96.0 Å². The number of benzene rings is 2. The molecule has 1 aliphatic heterocycles. The third-order valence-electron chi connectivity index (χ3n) is 4.21. The first kappa shape index (κ1) is 17.2. The van der Waals surface area contributed by atoms with Crippen molar-refractivity contribution in [2.24, 2.45) is 4.99 Å². The summed E-state index contributed by atoms with van der Waals surface area (Å²) < 4.78 is 13.2. The lowest BCUT2D eigenvalue weighted by Gasteiger charge is -2.01. The Morgan fingerprint density at radius 2 is 2.07 bits per heavy atom. The number of nitro groups is 1. The summed E-state index contributed by atoms with van der Waals surface area (Å²) in [5.41, 5.74) is 1.63. The van der Waals surface area contributed by atoms with Gasteiger partial charge >= 0.3 is 0 Å². The Morgan fingerprint density at radius 3 is 2.85 bits per heavy atom. The summed E-state index contributed by atoms with van der Waals surface area (Å²) in [6.07, 6.45) is 0.134. The summed E-state index contributed by atoms with van der Waals surface area (Å²) in [5.74, 6) is 0.994. The fourth-order valence-corrected chi connectivity index (χ4v) is 4.08. The molecule has 27 heavy (non-hydrogen) atoms. The van der Waals surface area contributed by atoms with Gasteiger partial charge in [0.25, 0.3) is 11.6 Å². The van der Waals surface area contributed by atoms with E-state index in [1.807, 2.05) is 17.6 Å². The molecule has 3 aromatic rings. The van der Waals surface area contributed by atoms with Crippen molar-refractivity contribution >= 4 is 33.1 Å². The van der Waals surface area contributed by atoms with Crippen LogP contribution in [0.25, 0.3) is 10.2 Å². The minimum Gasteiger partial charge on any atom is -0.454 e. The Hall–Kier alpha value is -3.20. The number of fused-ring (bicyclic) bond motifs is 2. The van der Waals surface area contributed by atoms with Crippen molar-refractivity contribution in [1.29, 1.82) is 0 Å². The standard InChI is InChI=1S/C18H15N3O5S/c1-2-20-13-5-4-12(21(23)24)9-16(13)27-18(20)19-17(22)8-11-3-6-14-15(7-11)26-10-25-14/h3-7,9H,2,8,10H2,1H3. The maximum Gasteiger partial charge on any atom is 0.270 e. The molecule has 0 N–H and O–H groups in total. The normalized spacial score (nSPS) is 13.3. The van der Waals surface area contributed by atoms with Gasteiger partial charge in [-0.1, -0.05) is 17.4 Å². The van der Waals surface area contributed by atoms with Gasteiger partial charge in [0.1, 0.15) is 0 Å². The summed E-state index contributed by atoms with van der Waals surface area (Å²) in [7, 11) is 0. The predicted octanol–water partition coefficient (Wildman–Crippen LogP) is 3.03. The first-order valence-corrected chi connectivity index (χ1v) is 9.10. The van der Waals surface area contributed by atoms with Gasteiger partial charge < -0.3 is 14.0 Å². The molecule has 1 aliphatic rings. The van der Waals surface area contributed by atoms with Crippen molar-refractivity contribution in [2.45, 2.75) is 19.9 Å². The van der Waals surface area contributed by atoms with E-state index in [0.717, 1.165) is 15.8 Å². The summed E-state index contributed by atoms with van der Waals surface area (Å²) in [4.78, 5) is 27.7. The van der Waals surface area contributed by atoms with E-state index in [1.165, 1.54) is 23.5 Å². The van der Waals surface area contributed by atoms with Gasteiger partial charge in [0.2, 0.25) is 6.79 Å². The molecule has 9 heteroatoms. The molecule has 0 unspecified atom stereocenters. The highest BCUT2D eigenvalue weighted by molar-refractivity contribution is 7.16. The van der Waals surface area contributed by atoms with E-state index in [0.29, 0.717) is 22.8 Å². The highest BCUT2D eigenvalue weighted by Crippen LogP contribution is 2.32. The maximum absolute atomic E-state index is 12.4. The number of nitrogens with zero attached hydrogens (tertiary/aromatic N) is 3. The second kappa shape index (κ2) is 6.84. The minimum atomic E-state index is -0.433. The van der Waals surface area contributed by atoms with Crippen LogP contribution in [0.1, 0.15) is 12.5 Å². The third-order valence-corrected chi connectivity index (χ3v) is 5.25. The molecule has 0 atom stereocenters. The number of non-ortho nitro benzene ring substituents is 1. The van der Waals surface area contributed by atoms with Gasteiger partial charge in [0.15, 0.2) is 16.3 Å². The molecule has 138 valence electrons. The maximum atomic E-state index is 12.4. The molecule has 0 radical (unpaired) electrons. The Labute approximate surface area is 157 Å². The number of ether oxygens (including phenoxy) is 2. The van der Waals surface area contributed by atoms with Gasteiger partial charge in [-0.15, -0.1) is 0 Å². The van der Waals surface area contributed by atoms with Crippen LogP contribution >= 0.6 is 11.3 Å². The number of thiazole rings is 1. The van der Waals surface area contributed by atoms with Gasteiger partial charge in [-0.3, -0.25) is 14.9 Å². The first-order chi connectivity index (χ1) is 13.0. The van der Waals surface area contributed by atoms with Crippen LogP contribution in [0.2, 0.25) is 0 Å². The van der Waals surface area contributed by atoms with E-state index in [2.05, 4.69) is 4.99 Å². The lowest BCUT2D eigenvalue weighted by molar-refractivity contribution is -0.384. The quantitative estimate of drug-likeness (QED) is 0.508. The van der Waals surface area contributed by atoms with Crippen molar-refractivity contribution in [3.63, 3.8) is 0 Å². The molecule has 8 nitrogen and oxygen atoms in total. The van der Waals surface area contributed by atoms with Crippen molar-refractivity contribution in [3.8, 4) is 11.5 Å². The molecule has 0 saturated carbocycles. The average molecular weight is 385 g/mol. The van der Waals surface area contributed by atoms with Crippen LogP contribution in [-0.2, 0) is 17.8 Å². The zero-order chi connectivity index (χ0) is 19.0. The first-order valence-electron chi connectivity index (χ1n) is 8.29. The lowest BCUT2D eigenvalue weighted by Crippen LogP contribution is -2.16. The summed E-state index contributed by atoms with van der Waals surface area (Å²) in [6.45, 7) is 2.73. The number of aromatic nitrogens is 1. The zero-order valence-electron chi connectivity index (χ0n) is 14.4. The Bertz CT molecular complexity index is 1130. The number of nitro benzene ring substituents is 1. The Morgan fingerprint density at radius 1 is 1.26 bits per heavy atom. The highest BCUT2D eigenvalue weighted by Gasteiger charge is 2.15. The monoisotopic (exact) mass is 385 g/mol. The molecule has 1 aromatic heterocycles. The molecule has 0 spiro atoms. The van der Waals surface area contributed by atoms with Crippen molar-refractivity contribution in [1.82, 2.24) is 4.57 Å². The second-order valence-electron chi connectivity index (χ2n) is 5.91. The van der Waals surface area contributed by atoms with Crippen LogP contribution in [0.3, 0.4) is 0 Å². The molecule has 0 aliphatic carbocycles. The summed E-state index contributed by atoms with van der Waals surface area (Å²) >= 11 is 1.27. The van der Waals surface area contributed by atoms with Crippen molar-refractivity contribution in [2.75, 3.05) is 6.79 Å². The van der Waals surface area contributed by atoms with E-state index < -0.39 is 4.92 Å². The third kappa shape index (κ3) is 3.28. The average Bonchev–Trinajstić information content (AvgIpc) is 3.23. The molecular formula is C18H15N3O5S. The van der Waals surface area contributed by atoms with E-state index in [9.17, 15) is 14.9 Å². The number of hydrogen-bond acceptors (Lipinski definition) is 6. The number of carbonyl (C=O) groups is 1. The molecule has 0 fully saturated rings. The summed E-state index contributed by atoms with van der Waals surface area (Å²) in [5, 5.41) is 11.0. The van der Waals surface area contributed by atoms with Gasteiger partial charge in [0.05, 0.1) is 21.6 Å². The lowest BCUT2D eigenvalue weighted by atomic mass is 10.1. The van der Waals surface area contributed by atoms with Crippen LogP contribution in [0.15, 0.2) is 41.4 Å². The number of hydrogen-bond donors (Lipinski definition) is 0.